The Bertz CT molecular complexity index is 712. The van der Waals surface area contributed by atoms with Crippen molar-refractivity contribution in [2.75, 3.05) is 27.2 Å². The van der Waals surface area contributed by atoms with Crippen molar-refractivity contribution in [2.45, 2.75) is 18.5 Å². The standard InChI is InChI=1S/C15H17N3O2S/c1-17-7-10-5-9(17)8-18(10)15(19)14-12-4-3-11(20-2)6-13(12)21-16-14/h3-4,6,9-10H,5,7-8H2,1-2H3/t9-,10-/m0/s1. The zero-order valence-corrected chi connectivity index (χ0v) is 12.9. The van der Waals surface area contributed by atoms with Crippen LogP contribution in [0.1, 0.15) is 16.9 Å². The van der Waals surface area contributed by atoms with Gasteiger partial charge >= 0.3 is 0 Å². The first kappa shape index (κ1) is 13.0. The Kier molecular flexibility index (Phi) is 2.90. The number of methoxy groups -OCH3 is 1. The highest BCUT2D eigenvalue weighted by atomic mass is 32.1. The molecule has 21 heavy (non-hydrogen) atoms. The molecule has 2 aromatic rings. The third kappa shape index (κ3) is 1.93. The lowest BCUT2D eigenvalue weighted by atomic mass is 10.2. The highest BCUT2D eigenvalue weighted by Crippen LogP contribution is 2.33. The van der Waals surface area contributed by atoms with Crippen LogP contribution < -0.4 is 4.74 Å². The maximum absolute atomic E-state index is 12.8. The molecular weight excluding hydrogens is 286 g/mol. The number of benzene rings is 1. The number of hydrogen-bond donors (Lipinski definition) is 0. The van der Waals surface area contributed by atoms with Gasteiger partial charge in [0.05, 0.1) is 11.8 Å². The first-order valence-corrected chi connectivity index (χ1v) is 7.89. The molecule has 1 aromatic carbocycles. The lowest BCUT2D eigenvalue weighted by Gasteiger charge is -2.31. The van der Waals surface area contributed by atoms with Gasteiger partial charge in [-0.15, -0.1) is 0 Å². The van der Waals surface area contributed by atoms with Crippen LogP contribution >= 0.6 is 11.5 Å². The predicted octanol–water partition coefficient (Wildman–Crippen LogP) is 1.83. The first-order valence-electron chi connectivity index (χ1n) is 7.12. The van der Waals surface area contributed by atoms with Gasteiger partial charge in [0.15, 0.2) is 0 Å². The zero-order valence-electron chi connectivity index (χ0n) is 12.1. The largest absolute Gasteiger partial charge is 0.497 e. The average molecular weight is 303 g/mol. The summed E-state index contributed by atoms with van der Waals surface area (Å²) < 4.78 is 10.6. The number of likely N-dealkylation sites (tertiary alicyclic amines) is 2. The Morgan fingerprint density at radius 2 is 2.24 bits per heavy atom. The summed E-state index contributed by atoms with van der Waals surface area (Å²) in [5, 5.41) is 0.932. The molecule has 0 saturated carbocycles. The SMILES string of the molecule is COc1ccc2c(C(=O)N3C[C@@H]4C[C@H]3CN4C)nsc2c1. The smallest absolute Gasteiger partial charge is 0.274 e. The van der Waals surface area contributed by atoms with Gasteiger partial charge in [0.2, 0.25) is 0 Å². The van der Waals surface area contributed by atoms with Gasteiger partial charge in [0.25, 0.3) is 5.91 Å². The average Bonchev–Trinajstić information content (AvgIpc) is 3.18. The summed E-state index contributed by atoms with van der Waals surface area (Å²) in [4.78, 5) is 17.1. The Morgan fingerprint density at radius 3 is 2.90 bits per heavy atom. The van der Waals surface area contributed by atoms with E-state index in [0.29, 0.717) is 17.8 Å². The highest BCUT2D eigenvalue weighted by molar-refractivity contribution is 7.13. The number of nitrogens with zero attached hydrogens (tertiary/aromatic N) is 3. The van der Waals surface area contributed by atoms with Gasteiger partial charge in [0, 0.05) is 30.6 Å². The number of hydrogen-bond acceptors (Lipinski definition) is 5. The minimum Gasteiger partial charge on any atom is -0.497 e. The van der Waals surface area contributed by atoms with Gasteiger partial charge in [-0.2, -0.15) is 4.37 Å². The van der Waals surface area contributed by atoms with Crippen molar-refractivity contribution in [1.82, 2.24) is 14.2 Å². The molecule has 6 heteroatoms. The summed E-state index contributed by atoms with van der Waals surface area (Å²) in [7, 11) is 3.78. The second-order valence-electron chi connectivity index (χ2n) is 5.83. The Hall–Kier alpha value is -1.66. The van der Waals surface area contributed by atoms with Crippen molar-refractivity contribution in [3.8, 4) is 5.75 Å². The van der Waals surface area contributed by atoms with Crippen molar-refractivity contribution < 1.29 is 9.53 Å². The van der Waals surface area contributed by atoms with E-state index >= 15 is 0 Å². The third-order valence-electron chi connectivity index (χ3n) is 4.66. The minimum absolute atomic E-state index is 0.0759. The van der Waals surface area contributed by atoms with E-state index in [2.05, 4.69) is 16.3 Å². The van der Waals surface area contributed by atoms with E-state index < -0.39 is 0 Å². The predicted molar refractivity (Wildman–Crippen MR) is 82.0 cm³/mol. The Labute approximate surface area is 127 Å². The highest BCUT2D eigenvalue weighted by Gasteiger charge is 2.44. The molecule has 2 aliphatic rings. The fourth-order valence-electron chi connectivity index (χ4n) is 3.45. The molecule has 110 valence electrons. The van der Waals surface area contributed by atoms with Crippen LogP contribution in [0.15, 0.2) is 18.2 Å². The fourth-order valence-corrected chi connectivity index (χ4v) is 4.25. The summed E-state index contributed by atoms with van der Waals surface area (Å²) in [6, 6.07) is 6.63. The molecule has 2 atom stereocenters. The number of carbonyl (C=O) groups excluding carboxylic acids is 1. The van der Waals surface area contributed by atoms with Crippen LogP contribution in [-0.2, 0) is 0 Å². The topological polar surface area (TPSA) is 45.7 Å². The lowest BCUT2D eigenvalue weighted by molar-refractivity contribution is 0.0648. The van der Waals surface area contributed by atoms with Gasteiger partial charge in [-0.3, -0.25) is 9.69 Å². The maximum atomic E-state index is 12.8. The van der Waals surface area contributed by atoms with Crippen LogP contribution in [0.2, 0.25) is 0 Å². The Morgan fingerprint density at radius 1 is 1.38 bits per heavy atom. The van der Waals surface area contributed by atoms with E-state index in [4.69, 9.17) is 4.74 Å². The van der Waals surface area contributed by atoms with Crippen molar-refractivity contribution in [3.63, 3.8) is 0 Å². The number of fused-ring (bicyclic) bond motifs is 3. The number of likely N-dealkylation sites (N-methyl/N-ethyl adjacent to an activating group) is 1. The molecule has 0 aliphatic carbocycles. The number of aromatic nitrogens is 1. The molecule has 0 unspecified atom stereocenters. The molecule has 2 saturated heterocycles. The van der Waals surface area contributed by atoms with Gasteiger partial charge in [-0.1, -0.05) is 0 Å². The second-order valence-corrected chi connectivity index (χ2v) is 6.64. The lowest BCUT2D eigenvalue weighted by Crippen LogP contribution is -2.47. The molecule has 5 nitrogen and oxygen atoms in total. The normalized spacial score (nSPS) is 25.0. The molecule has 1 aromatic heterocycles. The van der Waals surface area contributed by atoms with Gasteiger partial charge in [-0.05, 0) is 43.2 Å². The van der Waals surface area contributed by atoms with Crippen LogP contribution in [0.5, 0.6) is 5.75 Å². The van der Waals surface area contributed by atoms with Crippen LogP contribution in [0.25, 0.3) is 10.1 Å². The van der Waals surface area contributed by atoms with E-state index in [9.17, 15) is 4.79 Å². The Balaban J connectivity index is 1.66. The zero-order chi connectivity index (χ0) is 14.6. The minimum atomic E-state index is 0.0759. The molecule has 2 aliphatic heterocycles. The van der Waals surface area contributed by atoms with Gasteiger partial charge in [-0.25, -0.2) is 0 Å². The molecule has 2 bridgehead atoms. The molecule has 0 spiro atoms. The number of amides is 1. The maximum Gasteiger partial charge on any atom is 0.274 e. The van der Waals surface area contributed by atoms with Gasteiger partial charge in [0.1, 0.15) is 11.4 Å². The number of ether oxygens (including phenoxy) is 1. The van der Waals surface area contributed by atoms with Gasteiger partial charge < -0.3 is 9.64 Å². The molecule has 0 N–H and O–H groups in total. The van der Waals surface area contributed by atoms with Crippen molar-refractivity contribution in [2.24, 2.45) is 0 Å². The van der Waals surface area contributed by atoms with E-state index in [1.165, 1.54) is 11.5 Å². The van der Waals surface area contributed by atoms with Crippen LogP contribution in [0.3, 0.4) is 0 Å². The summed E-state index contributed by atoms with van der Waals surface area (Å²) in [5.41, 5.74) is 0.591. The van der Waals surface area contributed by atoms with Crippen molar-refractivity contribution >= 4 is 27.5 Å². The van der Waals surface area contributed by atoms with Crippen molar-refractivity contribution in [1.29, 1.82) is 0 Å². The quantitative estimate of drug-likeness (QED) is 0.849. The summed E-state index contributed by atoms with van der Waals surface area (Å²) >= 11 is 1.36. The first-order chi connectivity index (χ1) is 10.2. The summed E-state index contributed by atoms with van der Waals surface area (Å²) in [6.45, 7) is 1.81. The number of rotatable bonds is 2. The molecule has 4 rings (SSSR count). The van der Waals surface area contributed by atoms with Crippen LogP contribution in [0, 0.1) is 0 Å². The summed E-state index contributed by atoms with van der Waals surface area (Å²) in [5.74, 6) is 0.874. The fraction of sp³-hybridized carbons (Fsp3) is 0.467. The molecule has 1 amide bonds. The molecule has 2 fully saturated rings. The molecule has 0 radical (unpaired) electrons. The van der Waals surface area contributed by atoms with E-state index in [1.54, 1.807) is 7.11 Å². The monoisotopic (exact) mass is 303 g/mol. The van der Waals surface area contributed by atoms with E-state index in [0.717, 1.165) is 35.3 Å². The number of piperazine rings is 1. The van der Waals surface area contributed by atoms with Crippen LogP contribution in [-0.4, -0.2) is 59.4 Å². The third-order valence-corrected chi connectivity index (χ3v) is 5.47. The second kappa shape index (κ2) is 4.68. The van der Waals surface area contributed by atoms with E-state index in [-0.39, 0.29) is 5.91 Å². The molecular formula is C15H17N3O2S. The van der Waals surface area contributed by atoms with Crippen molar-refractivity contribution in [3.05, 3.63) is 23.9 Å². The molecule has 3 heterocycles. The van der Waals surface area contributed by atoms with Crippen LogP contribution in [0.4, 0.5) is 0 Å². The number of carbonyl (C=O) groups is 1. The summed E-state index contributed by atoms with van der Waals surface area (Å²) in [6.07, 6.45) is 1.10. The van der Waals surface area contributed by atoms with E-state index in [1.807, 2.05) is 23.1 Å².